The Bertz CT molecular complexity index is 742. The first-order valence-corrected chi connectivity index (χ1v) is 9.78. The summed E-state index contributed by atoms with van der Waals surface area (Å²) in [7, 11) is 0. The molecular formula is C18H20BrN3O2S. The van der Waals surface area contributed by atoms with Crippen LogP contribution in [-0.2, 0) is 11.2 Å². The Balaban J connectivity index is 1.53. The number of benzene rings is 1. The van der Waals surface area contributed by atoms with Gasteiger partial charge in [-0.3, -0.25) is 9.59 Å². The molecule has 3 rings (SSSR count). The number of carbonyl (C=O) groups excluding carboxylic acids is 2. The third kappa shape index (κ3) is 4.48. The second-order valence-electron chi connectivity index (χ2n) is 6.00. The lowest BCUT2D eigenvalue weighted by Crippen LogP contribution is -2.54. The zero-order valence-electron chi connectivity index (χ0n) is 13.7. The van der Waals surface area contributed by atoms with Crippen LogP contribution in [0.5, 0.6) is 0 Å². The quantitative estimate of drug-likeness (QED) is 0.823. The molecule has 0 bridgehead atoms. The predicted molar refractivity (Wildman–Crippen MR) is 103 cm³/mol. The molecule has 2 heterocycles. The number of nitrogens with two attached hydrogens (primary N) is 1. The van der Waals surface area contributed by atoms with Crippen molar-refractivity contribution in [1.82, 2.24) is 9.80 Å². The number of carbonyl (C=O) groups is 2. The molecule has 0 radical (unpaired) electrons. The minimum atomic E-state index is -0.540. The fourth-order valence-corrected chi connectivity index (χ4v) is 4.43. The molecule has 1 fully saturated rings. The zero-order chi connectivity index (χ0) is 17.8. The number of rotatable bonds is 4. The molecule has 2 amide bonds. The highest BCUT2D eigenvalue weighted by Crippen LogP contribution is 2.23. The maximum Gasteiger partial charge on any atom is 0.253 e. The van der Waals surface area contributed by atoms with Crippen molar-refractivity contribution in [2.24, 2.45) is 5.73 Å². The molecule has 0 aliphatic carbocycles. The van der Waals surface area contributed by atoms with Crippen LogP contribution in [-0.4, -0.2) is 53.8 Å². The van der Waals surface area contributed by atoms with Crippen molar-refractivity contribution >= 4 is 39.1 Å². The topological polar surface area (TPSA) is 66.6 Å². The molecule has 0 saturated carbocycles. The lowest BCUT2D eigenvalue weighted by atomic mass is 10.1. The number of hydrogen-bond donors (Lipinski definition) is 1. The van der Waals surface area contributed by atoms with E-state index in [9.17, 15) is 9.59 Å². The van der Waals surface area contributed by atoms with Gasteiger partial charge >= 0.3 is 0 Å². The Morgan fingerprint density at radius 2 is 1.68 bits per heavy atom. The van der Waals surface area contributed by atoms with Crippen molar-refractivity contribution in [3.05, 3.63) is 56.7 Å². The van der Waals surface area contributed by atoms with Gasteiger partial charge in [0, 0.05) is 43.0 Å². The lowest BCUT2D eigenvalue weighted by molar-refractivity contribution is -0.134. The van der Waals surface area contributed by atoms with Gasteiger partial charge in [0.2, 0.25) is 5.91 Å². The molecule has 1 aliphatic rings. The lowest BCUT2D eigenvalue weighted by Gasteiger charge is -2.36. The van der Waals surface area contributed by atoms with Gasteiger partial charge in [0.1, 0.15) is 0 Å². The number of nitrogens with zero attached hydrogens (tertiary/aromatic N) is 2. The molecular weight excluding hydrogens is 402 g/mol. The van der Waals surface area contributed by atoms with E-state index in [4.69, 9.17) is 5.73 Å². The second kappa shape index (κ2) is 8.12. The van der Waals surface area contributed by atoms with Crippen molar-refractivity contribution < 1.29 is 9.59 Å². The summed E-state index contributed by atoms with van der Waals surface area (Å²) in [5.41, 5.74) is 6.78. The molecule has 1 aromatic heterocycles. The van der Waals surface area contributed by atoms with E-state index in [1.165, 1.54) is 0 Å². The van der Waals surface area contributed by atoms with E-state index in [0.29, 0.717) is 38.2 Å². The third-order valence-electron chi connectivity index (χ3n) is 4.27. The fraction of sp³-hybridized carbons (Fsp3) is 0.333. The highest BCUT2D eigenvalue weighted by Gasteiger charge is 2.27. The number of hydrogen-bond acceptors (Lipinski definition) is 4. The van der Waals surface area contributed by atoms with Crippen molar-refractivity contribution in [2.75, 3.05) is 26.2 Å². The fourth-order valence-electron chi connectivity index (χ4n) is 2.89. The van der Waals surface area contributed by atoms with E-state index < -0.39 is 6.04 Å². The largest absolute Gasteiger partial charge is 0.338 e. The van der Waals surface area contributed by atoms with Gasteiger partial charge in [0.15, 0.2) is 0 Å². The first-order chi connectivity index (χ1) is 12.0. The van der Waals surface area contributed by atoms with Crippen LogP contribution in [0.15, 0.2) is 46.3 Å². The molecule has 7 heteroatoms. The summed E-state index contributed by atoms with van der Waals surface area (Å²) < 4.78 is 1.04. The molecule has 5 nitrogen and oxygen atoms in total. The van der Waals surface area contributed by atoms with Gasteiger partial charge in [-0.2, -0.15) is 0 Å². The molecule has 0 spiro atoms. The van der Waals surface area contributed by atoms with E-state index in [1.54, 1.807) is 21.1 Å². The number of thiophene rings is 1. The van der Waals surface area contributed by atoms with Crippen molar-refractivity contribution in [2.45, 2.75) is 12.5 Å². The van der Waals surface area contributed by atoms with Gasteiger partial charge < -0.3 is 15.5 Å². The summed E-state index contributed by atoms with van der Waals surface area (Å²) in [6, 6.07) is 12.6. The number of piperazine rings is 1. The normalized spacial score (nSPS) is 15.9. The Kier molecular flexibility index (Phi) is 5.88. The summed E-state index contributed by atoms with van der Waals surface area (Å²) in [5.74, 6) is -0.0308. The molecule has 1 unspecified atom stereocenters. The van der Waals surface area contributed by atoms with Crippen LogP contribution >= 0.6 is 27.3 Å². The molecule has 25 heavy (non-hydrogen) atoms. The molecule has 2 N–H and O–H groups in total. The van der Waals surface area contributed by atoms with Crippen LogP contribution in [0.2, 0.25) is 0 Å². The predicted octanol–water partition coefficient (Wildman–Crippen LogP) is 2.37. The Hall–Kier alpha value is -1.70. The average molecular weight is 422 g/mol. The summed E-state index contributed by atoms with van der Waals surface area (Å²) >= 11 is 5.02. The van der Waals surface area contributed by atoms with Crippen molar-refractivity contribution in [3.63, 3.8) is 0 Å². The Labute approximate surface area is 159 Å². The van der Waals surface area contributed by atoms with Crippen molar-refractivity contribution in [3.8, 4) is 0 Å². The van der Waals surface area contributed by atoms with Crippen LogP contribution in [0.3, 0.4) is 0 Å². The van der Waals surface area contributed by atoms with E-state index in [0.717, 1.165) is 8.66 Å². The van der Waals surface area contributed by atoms with Crippen LogP contribution < -0.4 is 5.73 Å². The maximum absolute atomic E-state index is 12.5. The van der Waals surface area contributed by atoms with Crippen LogP contribution in [0, 0.1) is 0 Å². The molecule has 1 aromatic carbocycles. The monoisotopic (exact) mass is 421 g/mol. The van der Waals surface area contributed by atoms with Crippen LogP contribution in [0.1, 0.15) is 15.2 Å². The molecule has 1 saturated heterocycles. The molecule has 2 aromatic rings. The Morgan fingerprint density at radius 1 is 1.04 bits per heavy atom. The summed E-state index contributed by atoms with van der Waals surface area (Å²) in [4.78, 5) is 29.6. The van der Waals surface area contributed by atoms with Gasteiger partial charge in [-0.05, 0) is 40.2 Å². The molecule has 1 atom stereocenters. The first-order valence-electron chi connectivity index (χ1n) is 8.17. The second-order valence-corrected chi connectivity index (χ2v) is 8.55. The highest BCUT2D eigenvalue weighted by molar-refractivity contribution is 9.11. The molecule has 1 aliphatic heterocycles. The highest BCUT2D eigenvalue weighted by atomic mass is 79.9. The number of halogens is 1. The summed E-state index contributed by atoms with van der Waals surface area (Å²) in [6.07, 6.45) is 0.540. The third-order valence-corrected chi connectivity index (χ3v) is 5.91. The maximum atomic E-state index is 12.5. The number of amides is 2. The van der Waals surface area contributed by atoms with E-state index in [-0.39, 0.29) is 11.8 Å². The zero-order valence-corrected chi connectivity index (χ0v) is 16.1. The van der Waals surface area contributed by atoms with Gasteiger partial charge in [-0.1, -0.05) is 18.2 Å². The smallest absolute Gasteiger partial charge is 0.253 e. The minimum absolute atomic E-state index is 0.0143. The van der Waals surface area contributed by atoms with Gasteiger partial charge in [-0.15, -0.1) is 11.3 Å². The molecule has 132 valence electrons. The SMILES string of the molecule is NC(Cc1ccc(Br)s1)C(=O)N1CCN(C(=O)c2ccccc2)CC1. The van der Waals surface area contributed by atoms with Crippen LogP contribution in [0.4, 0.5) is 0 Å². The van der Waals surface area contributed by atoms with Gasteiger partial charge in [0.25, 0.3) is 5.91 Å². The first kappa shape index (κ1) is 18.1. The summed E-state index contributed by atoms with van der Waals surface area (Å²) in [6.45, 7) is 2.13. The van der Waals surface area contributed by atoms with Gasteiger partial charge in [0.05, 0.1) is 9.83 Å². The van der Waals surface area contributed by atoms with Gasteiger partial charge in [-0.25, -0.2) is 0 Å². The Morgan fingerprint density at radius 3 is 2.28 bits per heavy atom. The standard InChI is InChI=1S/C18H20BrN3O2S/c19-16-7-6-14(25-16)12-15(20)18(24)22-10-8-21(9-11-22)17(23)13-4-2-1-3-5-13/h1-7,15H,8-12,20H2. The average Bonchev–Trinajstić information content (AvgIpc) is 3.06. The van der Waals surface area contributed by atoms with E-state index in [2.05, 4.69) is 15.9 Å². The van der Waals surface area contributed by atoms with Crippen LogP contribution in [0.25, 0.3) is 0 Å². The van der Waals surface area contributed by atoms with Crippen molar-refractivity contribution in [1.29, 1.82) is 0 Å². The minimum Gasteiger partial charge on any atom is -0.338 e. The van der Waals surface area contributed by atoms with E-state index in [1.807, 2.05) is 42.5 Å². The van der Waals surface area contributed by atoms with E-state index >= 15 is 0 Å². The summed E-state index contributed by atoms with van der Waals surface area (Å²) in [5, 5.41) is 0.